The Bertz CT molecular complexity index is 633. The van der Waals surface area contributed by atoms with Crippen LogP contribution in [0.2, 0.25) is 0 Å². The fourth-order valence-corrected chi connectivity index (χ4v) is 4.37. The lowest BCUT2D eigenvalue weighted by Gasteiger charge is -2.34. The molecular weight excluding hydrogens is 352 g/mol. The normalized spacial score (nSPS) is 20.1. The Labute approximate surface area is 157 Å². The molecule has 1 aromatic rings. The lowest BCUT2D eigenvalue weighted by atomic mass is 9.94. The average molecular weight is 378 g/mol. The molecule has 7 nitrogen and oxygen atoms in total. The van der Waals surface area contributed by atoms with Gasteiger partial charge in [-0.05, 0) is 37.1 Å². The largest absolute Gasteiger partial charge is 0.369 e. The summed E-state index contributed by atoms with van der Waals surface area (Å²) in [6.07, 6.45) is 3.11. The molecule has 0 spiro atoms. The van der Waals surface area contributed by atoms with E-state index in [2.05, 4.69) is 5.32 Å². The number of carbonyl (C=O) groups is 3. The highest BCUT2D eigenvalue weighted by Gasteiger charge is 2.30. The van der Waals surface area contributed by atoms with Gasteiger partial charge in [-0.2, -0.15) is 0 Å². The van der Waals surface area contributed by atoms with Gasteiger partial charge in [0.1, 0.15) is 0 Å². The van der Waals surface area contributed by atoms with Crippen LogP contribution in [-0.4, -0.2) is 66.3 Å². The predicted octanol–water partition coefficient (Wildman–Crippen LogP) is 0.666. The molecule has 2 fully saturated rings. The summed E-state index contributed by atoms with van der Waals surface area (Å²) in [5, 5.41) is 5.06. The maximum Gasteiger partial charge on any atom is 0.263 e. The van der Waals surface area contributed by atoms with E-state index in [1.165, 1.54) is 11.3 Å². The van der Waals surface area contributed by atoms with Crippen molar-refractivity contribution in [3.8, 4) is 0 Å². The van der Waals surface area contributed by atoms with Gasteiger partial charge in [0.2, 0.25) is 11.8 Å². The Kier molecular flexibility index (Phi) is 6.26. The van der Waals surface area contributed by atoms with Gasteiger partial charge in [-0.3, -0.25) is 19.3 Å². The van der Waals surface area contributed by atoms with Gasteiger partial charge in [0, 0.05) is 38.1 Å². The minimum absolute atomic E-state index is 0.0222. The number of piperidine rings is 2. The first-order valence-electron chi connectivity index (χ1n) is 9.16. The number of rotatable bonds is 5. The van der Waals surface area contributed by atoms with Gasteiger partial charge in [-0.1, -0.05) is 6.07 Å². The highest BCUT2D eigenvalue weighted by atomic mass is 32.1. The summed E-state index contributed by atoms with van der Waals surface area (Å²) in [5.41, 5.74) is 5.22. The van der Waals surface area contributed by atoms with Crippen LogP contribution in [-0.2, 0) is 9.59 Å². The second-order valence-corrected chi connectivity index (χ2v) is 8.02. The molecule has 3 rings (SSSR count). The Morgan fingerprint density at radius 3 is 2.38 bits per heavy atom. The van der Waals surface area contributed by atoms with Crippen LogP contribution >= 0.6 is 11.3 Å². The summed E-state index contributed by atoms with van der Waals surface area (Å²) in [7, 11) is 0. The molecule has 0 saturated carbocycles. The summed E-state index contributed by atoms with van der Waals surface area (Å²) in [5.74, 6) is -0.162. The minimum Gasteiger partial charge on any atom is -0.369 e. The summed E-state index contributed by atoms with van der Waals surface area (Å²) in [4.78, 5) is 40.5. The number of hydrogen-bond acceptors (Lipinski definition) is 5. The van der Waals surface area contributed by atoms with Gasteiger partial charge < -0.3 is 16.0 Å². The predicted molar refractivity (Wildman–Crippen MR) is 99.7 cm³/mol. The molecular formula is C18H26N4O3S. The van der Waals surface area contributed by atoms with E-state index in [4.69, 9.17) is 5.73 Å². The molecule has 0 aliphatic carbocycles. The van der Waals surface area contributed by atoms with Gasteiger partial charge >= 0.3 is 0 Å². The summed E-state index contributed by atoms with van der Waals surface area (Å²) < 4.78 is 0. The number of nitrogens with zero attached hydrogens (tertiary/aromatic N) is 2. The minimum atomic E-state index is -0.309. The van der Waals surface area contributed by atoms with Crippen LogP contribution in [0.4, 0.5) is 0 Å². The highest BCUT2D eigenvalue weighted by molar-refractivity contribution is 7.12. The number of primary amides is 1. The fourth-order valence-electron chi connectivity index (χ4n) is 3.68. The third-order valence-corrected chi connectivity index (χ3v) is 6.06. The first-order valence-corrected chi connectivity index (χ1v) is 10.0. The van der Waals surface area contributed by atoms with Gasteiger partial charge in [0.15, 0.2) is 0 Å². The number of hydrogen-bond donors (Lipinski definition) is 2. The second kappa shape index (κ2) is 8.64. The van der Waals surface area contributed by atoms with E-state index in [0.717, 1.165) is 30.8 Å². The van der Waals surface area contributed by atoms with Crippen molar-refractivity contribution in [3.63, 3.8) is 0 Å². The van der Waals surface area contributed by atoms with E-state index in [9.17, 15) is 14.4 Å². The maximum atomic E-state index is 12.5. The highest BCUT2D eigenvalue weighted by Crippen LogP contribution is 2.21. The Morgan fingerprint density at radius 1 is 1.12 bits per heavy atom. The van der Waals surface area contributed by atoms with Crippen molar-refractivity contribution in [2.24, 2.45) is 11.7 Å². The Balaban J connectivity index is 1.40. The molecule has 3 heterocycles. The first kappa shape index (κ1) is 18.8. The molecule has 142 valence electrons. The van der Waals surface area contributed by atoms with Crippen LogP contribution in [0, 0.1) is 5.92 Å². The molecule has 0 aromatic carbocycles. The first-order chi connectivity index (χ1) is 12.5. The van der Waals surface area contributed by atoms with Crippen LogP contribution in [0.1, 0.15) is 35.4 Å². The average Bonchev–Trinajstić information content (AvgIpc) is 3.17. The topological polar surface area (TPSA) is 95.7 Å². The van der Waals surface area contributed by atoms with Crippen molar-refractivity contribution < 1.29 is 14.4 Å². The van der Waals surface area contributed by atoms with Crippen LogP contribution in [0.3, 0.4) is 0 Å². The van der Waals surface area contributed by atoms with E-state index in [1.807, 2.05) is 27.3 Å². The lowest BCUT2D eigenvalue weighted by Crippen LogP contribution is -2.49. The lowest BCUT2D eigenvalue weighted by molar-refractivity contribution is -0.127. The molecule has 2 aliphatic heterocycles. The molecule has 0 bridgehead atoms. The van der Waals surface area contributed by atoms with E-state index in [-0.39, 0.29) is 36.2 Å². The van der Waals surface area contributed by atoms with Crippen LogP contribution < -0.4 is 11.1 Å². The number of nitrogens with two attached hydrogens (primary N) is 1. The maximum absolute atomic E-state index is 12.5. The molecule has 2 saturated heterocycles. The van der Waals surface area contributed by atoms with Crippen molar-refractivity contribution >= 4 is 29.1 Å². The molecule has 26 heavy (non-hydrogen) atoms. The standard InChI is InChI=1S/C18H26N4O3S/c19-16(23)12-21-7-5-14(6-8-21)20-17(24)13-3-9-22(10-4-13)18(25)15-2-1-11-26-15/h1-2,11,13-14H,3-10,12H2,(H2,19,23)(H,20,24). The zero-order valence-electron chi connectivity index (χ0n) is 14.9. The van der Waals surface area contributed by atoms with Crippen molar-refractivity contribution in [3.05, 3.63) is 22.4 Å². The molecule has 0 radical (unpaired) electrons. The van der Waals surface area contributed by atoms with Crippen molar-refractivity contribution in [2.75, 3.05) is 32.7 Å². The van der Waals surface area contributed by atoms with E-state index in [0.29, 0.717) is 25.9 Å². The molecule has 0 unspecified atom stereocenters. The monoisotopic (exact) mass is 378 g/mol. The molecule has 2 aliphatic rings. The Hall–Kier alpha value is -1.93. The smallest absolute Gasteiger partial charge is 0.263 e. The van der Waals surface area contributed by atoms with Gasteiger partial charge in [-0.25, -0.2) is 0 Å². The van der Waals surface area contributed by atoms with Crippen LogP contribution in [0.15, 0.2) is 17.5 Å². The number of carbonyl (C=O) groups excluding carboxylic acids is 3. The fraction of sp³-hybridized carbons (Fsp3) is 0.611. The number of nitrogens with one attached hydrogen (secondary N) is 1. The van der Waals surface area contributed by atoms with Crippen LogP contribution in [0.5, 0.6) is 0 Å². The Morgan fingerprint density at radius 2 is 1.81 bits per heavy atom. The van der Waals surface area contributed by atoms with Gasteiger partial charge in [0.25, 0.3) is 5.91 Å². The third-order valence-electron chi connectivity index (χ3n) is 5.20. The molecule has 8 heteroatoms. The van der Waals surface area contributed by atoms with E-state index >= 15 is 0 Å². The number of likely N-dealkylation sites (tertiary alicyclic amines) is 2. The molecule has 1 aromatic heterocycles. The van der Waals surface area contributed by atoms with Crippen molar-refractivity contribution in [1.29, 1.82) is 0 Å². The number of amides is 3. The molecule has 3 amide bonds. The zero-order valence-corrected chi connectivity index (χ0v) is 15.7. The SMILES string of the molecule is NC(=O)CN1CCC(NC(=O)C2CCN(C(=O)c3cccs3)CC2)CC1. The third kappa shape index (κ3) is 4.82. The van der Waals surface area contributed by atoms with Crippen molar-refractivity contribution in [1.82, 2.24) is 15.1 Å². The summed E-state index contributed by atoms with van der Waals surface area (Å²) in [6.45, 7) is 3.11. The van der Waals surface area contributed by atoms with Gasteiger partial charge in [-0.15, -0.1) is 11.3 Å². The second-order valence-electron chi connectivity index (χ2n) is 7.07. The summed E-state index contributed by atoms with van der Waals surface area (Å²) in [6, 6.07) is 3.89. The summed E-state index contributed by atoms with van der Waals surface area (Å²) >= 11 is 1.46. The zero-order chi connectivity index (χ0) is 18.5. The quantitative estimate of drug-likeness (QED) is 0.787. The van der Waals surface area contributed by atoms with Gasteiger partial charge in [0.05, 0.1) is 11.4 Å². The van der Waals surface area contributed by atoms with E-state index in [1.54, 1.807) is 0 Å². The molecule has 0 atom stereocenters. The molecule has 3 N–H and O–H groups in total. The van der Waals surface area contributed by atoms with Crippen molar-refractivity contribution in [2.45, 2.75) is 31.7 Å². The van der Waals surface area contributed by atoms with Crippen LogP contribution in [0.25, 0.3) is 0 Å². The van der Waals surface area contributed by atoms with E-state index < -0.39 is 0 Å². The number of thiophene rings is 1.